The molecule has 1 amide bonds. The van der Waals surface area contributed by atoms with Crippen molar-refractivity contribution in [2.45, 2.75) is 26.7 Å². The van der Waals surface area contributed by atoms with Crippen LogP contribution in [0.1, 0.15) is 24.0 Å². The summed E-state index contributed by atoms with van der Waals surface area (Å²) in [6.45, 7) is 4.65. The second kappa shape index (κ2) is 10.5. The summed E-state index contributed by atoms with van der Waals surface area (Å²) in [6, 6.07) is 12.8. The Hall–Kier alpha value is -2.25. The van der Waals surface area contributed by atoms with Crippen molar-refractivity contribution in [1.29, 1.82) is 0 Å². The molecule has 0 saturated carbocycles. The van der Waals surface area contributed by atoms with Gasteiger partial charge in [-0.25, -0.2) is 8.42 Å². The van der Waals surface area contributed by atoms with Crippen LogP contribution in [-0.4, -0.2) is 40.3 Å². The summed E-state index contributed by atoms with van der Waals surface area (Å²) in [7, 11) is -3.45. The number of nitrogens with zero attached hydrogens (tertiary/aromatic N) is 1. The van der Waals surface area contributed by atoms with Crippen molar-refractivity contribution in [2.75, 3.05) is 30.3 Å². The first-order valence-electron chi connectivity index (χ1n) is 9.38. The van der Waals surface area contributed by atoms with Gasteiger partial charge in [-0.1, -0.05) is 41.9 Å². The van der Waals surface area contributed by atoms with Crippen LogP contribution in [-0.2, 0) is 14.8 Å². The van der Waals surface area contributed by atoms with E-state index in [0.29, 0.717) is 36.0 Å². The lowest BCUT2D eigenvalue weighted by Gasteiger charge is -2.26. The lowest BCUT2D eigenvalue weighted by molar-refractivity contribution is -0.121. The van der Waals surface area contributed by atoms with Crippen molar-refractivity contribution in [3.05, 3.63) is 58.6 Å². The first kappa shape index (κ1) is 23.0. The van der Waals surface area contributed by atoms with Crippen molar-refractivity contribution in [3.8, 4) is 5.75 Å². The minimum Gasteiger partial charge on any atom is -0.490 e. The Morgan fingerprint density at radius 1 is 1.10 bits per heavy atom. The normalized spacial score (nSPS) is 11.2. The molecule has 8 heteroatoms. The number of hydrogen-bond donors (Lipinski definition) is 1. The highest BCUT2D eigenvalue weighted by atomic mass is 35.5. The van der Waals surface area contributed by atoms with E-state index in [9.17, 15) is 13.2 Å². The maximum Gasteiger partial charge on any atom is 0.232 e. The first-order valence-corrected chi connectivity index (χ1v) is 11.6. The maximum atomic E-state index is 12.3. The van der Waals surface area contributed by atoms with E-state index in [-0.39, 0.29) is 18.9 Å². The Labute approximate surface area is 177 Å². The van der Waals surface area contributed by atoms with E-state index in [4.69, 9.17) is 16.3 Å². The molecular formula is C21H27ClN2O4S. The number of carbonyl (C=O) groups is 1. The van der Waals surface area contributed by atoms with Crippen LogP contribution < -0.4 is 14.4 Å². The van der Waals surface area contributed by atoms with Gasteiger partial charge in [0.15, 0.2) is 0 Å². The van der Waals surface area contributed by atoms with Gasteiger partial charge in [0.2, 0.25) is 15.9 Å². The van der Waals surface area contributed by atoms with E-state index in [0.717, 1.165) is 11.1 Å². The topological polar surface area (TPSA) is 75.7 Å². The molecule has 2 aromatic rings. The number of sulfonamides is 1. The van der Waals surface area contributed by atoms with Gasteiger partial charge in [0.25, 0.3) is 0 Å². The third kappa shape index (κ3) is 6.94. The van der Waals surface area contributed by atoms with E-state index >= 15 is 0 Å². The molecule has 6 nitrogen and oxygen atoms in total. The largest absolute Gasteiger partial charge is 0.490 e. The summed E-state index contributed by atoms with van der Waals surface area (Å²) in [5, 5.41) is 3.29. The molecule has 0 aromatic heterocycles. The molecule has 2 aromatic carbocycles. The molecule has 0 radical (unpaired) electrons. The zero-order chi connectivity index (χ0) is 21.4. The average Bonchev–Trinajstić information content (AvgIpc) is 2.64. The number of halogens is 1. The summed E-state index contributed by atoms with van der Waals surface area (Å²) < 4.78 is 31.5. The molecule has 0 aliphatic heterocycles. The standard InChI is InChI=1S/C21H27ClN2O4S/c1-16-8-6-9-17(2)21(16)24(29(3,26)27)14-7-12-20(25)23-13-15-28-19-11-5-4-10-18(19)22/h4-6,8-11H,7,12-15H2,1-3H3,(H,23,25). The Balaban J connectivity index is 1.82. The lowest BCUT2D eigenvalue weighted by Crippen LogP contribution is -2.33. The Morgan fingerprint density at radius 2 is 1.76 bits per heavy atom. The van der Waals surface area contributed by atoms with Gasteiger partial charge >= 0.3 is 0 Å². The number of amides is 1. The number of anilines is 1. The Kier molecular flexibility index (Phi) is 8.34. The van der Waals surface area contributed by atoms with E-state index in [2.05, 4.69) is 5.32 Å². The van der Waals surface area contributed by atoms with Gasteiger partial charge in [-0.2, -0.15) is 0 Å². The smallest absolute Gasteiger partial charge is 0.232 e. The van der Waals surface area contributed by atoms with Gasteiger partial charge in [0.05, 0.1) is 23.5 Å². The van der Waals surface area contributed by atoms with Crippen molar-refractivity contribution in [1.82, 2.24) is 5.32 Å². The highest BCUT2D eigenvalue weighted by Crippen LogP contribution is 2.27. The van der Waals surface area contributed by atoms with Crippen molar-refractivity contribution in [3.63, 3.8) is 0 Å². The molecule has 0 bridgehead atoms. The number of carbonyl (C=O) groups excluding carboxylic acids is 1. The Bertz CT molecular complexity index is 927. The predicted octanol–water partition coefficient (Wildman–Crippen LogP) is 3.70. The third-order valence-electron chi connectivity index (χ3n) is 4.37. The molecule has 0 atom stereocenters. The van der Waals surface area contributed by atoms with E-state index in [1.807, 2.05) is 44.2 Å². The fourth-order valence-electron chi connectivity index (χ4n) is 3.03. The molecule has 1 N–H and O–H groups in total. The van der Waals surface area contributed by atoms with Gasteiger partial charge in [-0.15, -0.1) is 0 Å². The van der Waals surface area contributed by atoms with Gasteiger partial charge in [0.1, 0.15) is 12.4 Å². The van der Waals surface area contributed by atoms with Crippen LogP contribution in [0.15, 0.2) is 42.5 Å². The quantitative estimate of drug-likeness (QED) is 0.574. The number of ether oxygens (including phenoxy) is 1. The molecule has 0 fully saturated rings. The number of para-hydroxylation sites is 2. The predicted molar refractivity (Wildman–Crippen MR) is 117 cm³/mol. The molecule has 0 spiro atoms. The van der Waals surface area contributed by atoms with E-state index in [1.165, 1.54) is 10.6 Å². The van der Waals surface area contributed by atoms with Crippen LogP contribution in [0.3, 0.4) is 0 Å². The summed E-state index contributed by atoms with van der Waals surface area (Å²) in [5.74, 6) is 0.420. The molecule has 0 aliphatic carbocycles. The zero-order valence-electron chi connectivity index (χ0n) is 16.9. The van der Waals surface area contributed by atoms with E-state index in [1.54, 1.807) is 12.1 Å². The van der Waals surface area contributed by atoms with Gasteiger partial charge in [0, 0.05) is 13.0 Å². The summed E-state index contributed by atoms with van der Waals surface area (Å²) in [5.41, 5.74) is 2.46. The number of rotatable bonds is 10. The molecule has 158 valence electrons. The van der Waals surface area contributed by atoms with Gasteiger partial charge in [-0.05, 0) is 43.5 Å². The minimum atomic E-state index is -3.45. The van der Waals surface area contributed by atoms with Crippen molar-refractivity contribution >= 4 is 33.2 Å². The number of hydrogen-bond acceptors (Lipinski definition) is 4. The molecule has 0 saturated heterocycles. The maximum absolute atomic E-state index is 12.3. The van der Waals surface area contributed by atoms with Crippen LogP contribution in [0.5, 0.6) is 5.75 Å². The third-order valence-corrected chi connectivity index (χ3v) is 5.85. The number of nitrogens with one attached hydrogen (secondary N) is 1. The molecule has 0 unspecified atom stereocenters. The van der Waals surface area contributed by atoms with Gasteiger partial charge < -0.3 is 10.1 Å². The number of aryl methyl sites for hydroxylation is 2. The molecule has 0 aliphatic rings. The highest BCUT2D eigenvalue weighted by molar-refractivity contribution is 7.92. The van der Waals surface area contributed by atoms with Crippen molar-refractivity contribution < 1.29 is 17.9 Å². The number of benzene rings is 2. The monoisotopic (exact) mass is 438 g/mol. The van der Waals surface area contributed by atoms with Crippen LogP contribution in [0, 0.1) is 13.8 Å². The summed E-state index contributed by atoms with van der Waals surface area (Å²) in [6.07, 6.45) is 1.83. The van der Waals surface area contributed by atoms with Gasteiger partial charge in [-0.3, -0.25) is 9.10 Å². The minimum absolute atomic E-state index is 0.150. The second-order valence-corrected chi connectivity index (χ2v) is 9.12. The highest BCUT2D eigenvalue weighted by Gasteiger charge is 2.21. The van der Waals surface area contributed by atoms with Crippen LogP contribution in [0.25, 0.3) is 0 Å². The summed E-state index contributed by atoms with van der Waals surface area (Å²) >= 11 is 6.01. The fraction of sp³-hybridized carbons (Fsp3) is 0.381. The summed E-state index contributed by atoms with van der Waals surface area (Å²) in [4.78, 5) is 12.1. The molecule has 29 heavy (non-hydrogen) atoms. The Morgan fingerprint density at radius 3 is 2.38 bits per heavy atom. The van der Waals surface area contributed by atoms with Crippen LogP contribution in [0.4, 0.5) is 5.69 Å². The van der Waals surface area contributed by atoms with Crippen molar-refractivity contribution in [2.24, 2.45) is 0 Å². The average molecular weight is 439 g/mol. The fourth-order valence-corrected chi connectivity index (χ4v) is 4.30. The molecule has 2 rings (SSSR count). The second-order valence-electron chi connectivity index (χ2n) is 6.81. The SMILES string of the molecule is Cc1cccc(C)c1N(CCCC(=O)NCCOc1ccccc1Cl)S(C)(=O)=O. The zero-order valence-corrected chi connectivity index (χ0v) is 18.5. The lowest BCUT2D eigenvalue weighted by atomic mass is 10.1. The first-order chi connectivity index (χ1) is 13.7. The van der Waals surface area contributed by atoms with E-state index < -0.39 is 10.0 Å². The van der Waals surface area contributed by atoms with Crippen LogP contribution >= 0.6 is 11.6 Å². The molecule has 0 heterocycles. The van der Waals surface area contributed by atoms with Crippen LogP contribution in [0.2, 0.25) is 5.02 Å². The molecular weight excluding hydrogens is 412 g/mol.